The molecular formula is C16H12O5. The van der Waals surface area contributed by atoms with Crippen LogP contribution in [0.2, 0.25) is 0 Å². The molecule has 3 aromatic rings. The Labute approximate surface area is 119 Å². The van der Waals surface area contributed by atoms with Gasteiger partial charge < -0.3 is 19.7 Å². The average molecular weight is 284 g/mol. The molecule has 106 valence electrons. The van der Waals surface area contributed by atoms with Crippen LogP contribution < -0.4 is 5.43 Å². The van der Waals surface area contributed by atoms with E-state index in [1.165, 1.54) is 12.1 Å². The van der Waals surface area contributed by atoms with E-state index in [0.717, 1.165) is 0 Å². The van der Waals surface area contributed by atoms with Gasteiger partial charge in [-0.15, -0.1) is 0 Å². The van der Waals surface area contributed by atoms with Crippen LogP contribution in [0.5, 0.6) is 11.5 Å². The number of aliphatic hydroxyl groups excluding tert-OH is 1. The predicted octanol–water partition coefficient (Wildman–Crippen LogP) is 2.36. The van der Waals surface area contributed by atoms with Gasteiger partial charge in [0.05, 0.1) is 12.2 Å². The van der Waals surface area contributed by atoms with Crippen LogP contribution in [-0.4, -0.2) is 15.3 Å². The summed E-state index contributed by atoms with van der Waals surface area (Å²) < 4.78 is 5.59. The fourth-order valence-corrected chi connectivity index (χ4v) is 2.23. The maximum atomic E-state index is 12.2. The van der Waals surface area contributed by atoms with Crippen LogP contribution in [0.3, 0.4) is 0 Å². The minimum atomic E-state index is -0.576. The van der Waals surface area contributed by atoms with Crippen LogP contribution in [0.1, 0.15) is 5.56 Å². The molecule has 3 N–H and O–H groups in total. The van der Waals surface area contributed by atoms with Gasteiger partial charge in [-0.2, -0.15) is 0 Å². The Morgan fingerprint density at radius 3 is 2.43 bits per heavy atom. The molecule has 0 spiro atoms. The first kappa shape index (κ1) is 13.2. The molecule has 0 aliphatic rings. The Balaban J connectivity index is 2.34. The summed E-state index contributed by atoms with van der Waals surface area (Å²) in [5, 5.41) is 28.8. The summed E-state index contributed by atoms with van der Waals surface area (Å²) >= 11 is 0. The Kier molecular flexibility index (Phi) is 3.12. The molecule has 0 aliphatic heterocycles. The summed E-state index contributed by atoms with van der Waals surface area (Å²) in [5.74, 6) is -0.444. The van der Waals surface area contributed by atoms with Crippen molar-refractivity contribution >= 4 is 11.0 Å². The van der Waals surface area contributed by atoms with E-state index in [1.54, 1.807) is 12.1 Å². The maximum absolute atomic E-state index is 12.2. The number of benzene rings is 2. The lowest BCUT2D eigenvalue weighted by atomic mass is 10.1. The summed E-state index contributed by atoms with van der Waals surface area (Å²) in [6.45, 7) is -0.576. The van der Waals surface area contributed by atoms with Crippen LogP contribution in [0.4, 0.5) is 0 Å². The van der Waals surface area contributed by atoms with E-state index in [9.17, 15) is 15.0 Å². The number of hydrogen-bond acceptors (Lipinski definition) is 5. The van der Waals surface area contributed by atoms with Gasteiger partial charge in [0, 0.05) is 17.7 Å². The van der Waals surface area contributed by atoms with Crippen LogP contribution in [0, 0.1) is 0 Å². The zero-order chi connectivity index (χ0) is 15.0. The van der Waals surface area contributed by atoms with Gasteiger partial charge in [-0.3, -0.25) is 4.79 Å². The highest BCUT2D eigenvalue weighted by atomic mass is 16.3. The lowest BCUT2D eigenvalue weighted by Gasteiger charge is -2.09. The van der Waals surface area contributed by atoms with Crippen LogP contribution in [0.25, 0.3) is 22.3 Å². The van der Waals surface area contributed by atoms with Gasteiger partial charge in [0.2, 0.25) is 0 Å². The molecule has 0 unspecified atom stereocenters. The van der Waals surface area contributed by atoms with Crippen molar-refractivity contribution < 1.29 is 19.7 Å². The van der Waals surface area contributed by atoms with Gasteiger partial charge in [-0.1, -0.05) is 30.3 Å². The molecular weight excluding hydrogens is 272 g/mol. The fourth-order valence-electron chi connectivity index (χ4n) is 2.23. The maximum Gasteiger partial charge on any atom is 0.197 e. The largest absolute Gasteiger partial charge is 0.507 e. The summed E-state index contributed by atoms with van der Waals surface area (Å²) in [4.78, 5) is 12.2. The van der Waals surface area contributed by atoms with Crippen molar-refractivity contribution in [2.45, 2.75) is 6.61 Å². The van der Waals surface area contributed by atoms with Crippen molar-refractivity contribution in [1.29, 1.82) is 0 Å². The Morgan fingerprint density at radius 1 is 1.05 bits per heavy atom. The van der Waals surface area contributed by atoms with Crippen LogP contribution in [0.15, 0.2) is 51.7 Å². The lowest BCUT2D eigenvalue weighted by Crippen LogP contribution is -2.02. The highest BCUT2D eigenvalue weighted by Gasteiger charge is 2.17. The summed E-state index contributed by atoms with van der Waals surface area (Å²) in [5.41, 5.74) is 0.236. The van der Waals surface area contributed by atoms with E-state index in [0.29, 0.717) is 11.3 Å². The molecule has 0 aliphatic carbocycles. The second-order valence-electron chi connectivity index (χ2n) is 4.60. The molecule has 0 saturated heterocycles. The summed E-state index contributed by atoms with van der Waals surface area (Å²) in [6.07, 6.45) is 0. The van der Waals surface area contributed by atoms with Crippen molar-refractivity contribution in [1.82, 2.24) is 0 Å². The Morgan fingerprint density at radius 2 is 1.76 bits per heavy atom. The van der Waals surface area contributed by atoms with E-state index in [4.69, 9.17) is 9.52 Å². The molecule has 0 radical (unpaired) electrons. The number of phenols is 2. The third kappa shape index (κ3) is 2.13. The predicted molar refractivity (Wildman–Crippen MR) is 77.2 cm³/mol. The number of hydrogen-bond donors (Lipinski definition) is 3. The third-order valence-corrected chi connectivity index (χ3v) is 3.29. The molecule has 0 atom stereocenters. The highest BCUT2D eigenvalue weighted by molar-refractivity contribution is 5.87. The average Bonchev–Trinajstić information content (AvgIpc) is 2.47. The van der Waals surface area contributed by atoms with E-state index in [2.05, 4.69) is 0 Å². The first-order chi connectivity index (χ1) is 10.1. The molecule has 5 nitrogen and oxygen atoms in total. The Bertz CT molecular complexity index is 865. The molecule has 0 amide bonds. The third-order valence-electron chi connectivity index (χ3n) is 3.29. The van der Waals surface area contributed by atoms with E-state index >= 15 is 0 Å². The lowest BCUT2D eigenvalue weighted by molar-refractivity contribution is 0.269. The molecule has 0 saturated carbocycles. The number of aromatic hydroxyl groups is 2. The zero-order valence-electron chi connectivity index (χ0n) is 10.9. The molecule has 0 fully saturated rings. The van der Waals surface area contributed by atoms with Gasteiger partial charge in [-0.05, 0) is 0 Å². The van der Waals surface area contributed by atoms with Gasteiger partial charge in [-0.25, -0.2) is 0 Å². The van der Waals surface area contributed by atoms with Crippen molar-refractivity contribution in [3.05, 3.63) is 58.3 Å². The standard InChI is InChI=1S/C16H12O5/c17-8-10-11(18)6-14-15(16(10)20)12(19)7-13(21-14)9-4-2-1-3-5-9/h1-7,17-18,20H,8H2. The van der Waals surface area contributed by atoms with Gasteiger partial charge in [0.15, 0.2) is 5.43 Å². The normalized spacial score (nSPS) is 10.9. The van der Waals surface area contributed by atoms with Crippen LogP contribution >= 0.6 is 0 Å². The van der Waals surface area contributed by atoms with Gasteiger partial charge in [0.1, 0.15) is 28.2 Å². The smallest absolute Gasteiger partial charge is 0.197 e. The summed E-state index contributed by atoms with van der Waals surface area (Å²) in [7, 11) is 0. The van der Waals surface area contributed by atoms with Crippen molar-refractivity contribution in [2.24, 2.45) is 0 Å². The monoisotopic (exact) mass is 284 g/mol. The minimum absolute atomic E-state index is 0.0588. The molecule has 2 aromatic carbocycles. The van der Waals surface area contributed by atoms with E-state index < -0.39 is 17.8 Å². The summed E-state index contributed by atoms with van der Waals surface area (Å²) in [6, 6.07) is 11.5. The first-order valence-corrected chi connectivity index (χ1v) is 6.29. The van der Waals surface area contributed by atoms with E-state index in [1.807, 2.05) is 18.2 Å². The quantitative estimate of drug-likeness (QED) is 0.672. The van der Waals surface area contributed by atoms with Crippen LogP contribution in [-0.2, 0) is 6.61 Å². The second kappa shape index (κ2) is 4.96. The van der Waals surface area contributed by atoms with Crippen molar-refractivity contribution in [2.75, 3.05) is 0 Å². The van der Waals surface area contributed by atoms with Gasteiger partial charge >= 0.3 is 0 Å². The number of aliphatic hydroxyl groups is 1. The molecule has 21 heavy (non-hydrogen) atoms. The van der Waals surface area contributed by atoms with Gasteiger partial charge in [0.25, 0.3) is 0 Å². The molecule has 5 heteroatoms. The van der Waals surface area contributed by atoms with Crippen molar-refractivity contribution in [3.8, 4) is 22.8 Å². The van der Waals surface area contributed by atoms with Crippen molar-refractivity contribution in [3.63, 3.8) is 0 Å². The first-order valence-electron chi connectivity index (χ1n) is 6.29. The second-order valence-corrected chi connectivity index (χ2v) is 4.60. The minimum Gasteiger partial charge on any atom is -0.507 e. The molecule has 1 heterocycles. The number of fused-ring (bicyclic) bond motifs is 1. The highest BCUT2D eigenvalue weighted by Crippen LogP contribution is 2.35. The van der Waals surface area contributed by atoms with E-state index in [-0.39, 0.29) is 22.3 Å². The fraction of sp³-hybridized carbons (Fsp3) is 0.0625. The molecule has 3 rings (SSSR count). The SMILES string of the molecule is O=c1cc(-c2ccccc2)oc2cc(O)c(CO)c(O)c12. The molecule has 1 aromatic heterocycles. The Hall–Kier alpha value is -2.79. The number of rotatable bonds is 2. The zero-order valence-corrected chi connectivity index (χ0v) is 10.9. The topological polar surface area (TPSA) is 90.9 Å². The molecule has 0 bridgehead atoms.